The van der Waals surface area contributed by atoms with Crippen molar-refractivity contribution in [1.82, 2.24) is 25.6 Å². The first-order valence-electron chi connectivity index (χ1n) is 7.95. The predicted octanol–water partition coefficient (Wildman–Crippen LogP) is 3.82. The van der Waals surface area contributed by atoms with E-state index in [1.54, 1.807) is 18.2 Å². The lowest BCUT2D eigenvalue weighted by molar-refractivity contribution is -0.137. The first-order chi connectivity index (χ1) is 13.7. The highest BCUT2D eigenvalue weighted by atomic mass is 35.5. The number of carbonyl (C=O) groups is 1. The lowest BCUT2D eigenvalue weighted by Gasteiger charge is -2.06. The van der Waals surface area contributed by atoms with Crippen LogP contribution in [0, 0.1) is 0 Å². The smallest absolute Gasteiger partial charge is 0.271 e. The van der Waals surface area contributed by atoms with Crippen LogP contribution in [-0.4, -0.2) is 32.3 Å². The molecule has 0 saturated carbocycles. The third kappa shape index (κ3) is 5.30. The van der Waals surface area contributed by atoms with Crippen LogP contribution in [0.1, 0.15) is 11.1 Å². The van der Waals surface area contributed by atoms with Crippen LogP contribution in [0.2, 0.25) is 10.0 Å². The summed E-state index contributed by atoms with van der Waals surface area (Å²) in [5.41, 5.74) is 1.97. The second-order valence-corrected chi connectivity index (χ2v) is 6.46. The van der Waals surface area contributed by atoms with Crippen molar-refractivity contribution in [3.05, 3.63) is 63.6 Å². The minimum atomic E-state index is -4.49. The summed E-state index contributed by atoms with van der Waals surface area (Å²) in [4.78, 5) is 12.9. The van der Waals surface area contributed by atoms with Gasteiger partial charge in [-0.1, -0.05) is 41.4 Å². The Kier molecular flexibility index (Phi) is 6.14. The fraction of sp³-hybridized carbons (Fsp3) is 0.118. The van der Waals surface area contributed by atoms with Crippen molar-refractivity contribution in [2.45, 2.75) is 12.7 Å². The number of amides is 1. The zero-order valence-corrected chi connectivity index (χ0v) is 15.9. The lowest BCUT2D eigenvalue weighted by atomic mass is 10.1. The first kappa shape index (κ1) is 20.7. The maximum atomic E-state index is 12.8. The number of halogens is 5. The second-order valence-electron chi connectivity index (χ2n) is 5.65. The molecule has 7 nitrogen and oxygen atoms in total. The minimum absolute atomic E-state index is 0.0461. The lowest BCUT2D eigenvalue weighted by Crippen LogP contribution is -2.24. The van der Waals surface area contributed by atoms with Crippen LogP contribution in [0.25, 0.3) is 11.4 Å². The molecule has 0 aliphatic heterocycles. The Balaban J connectivity index is 1.64. The molecule has 1 heterocycles. The number of nitrogens with zero attached hydrogens (tertiary/aromatic N) is 5. The van der Waals surface area contributed by atoms with E-state index in [4.69, 9.17) is 23.2 Å². The van der Waals surface area contributed by atoms with Crippen LogP contribution in [0.5, 0.6) is 0 Å². The van der Waals surface area contributed by atoms with Gasteiger partial charge in [-0.15, -0.1) is 10.2 Å². The van der Waals surface area contributed by atoms with Crippen LogP contribution < -0.4 is 5.43 Å². The molecule has 29 heavy (non-hydrogen) atoms. The maximum absolute atomic E-state index is 12.8. The number of carbonyl (C=O) groups excluding carboxylic acids is 1. The molecule has 0 atom stereocenters. The predicted molar refractivity (Wildman–Crippen MR) is 100 cm³/mol. The monoisotopic (exact) mass is 442 g/mol. The van der Waals surface area contributed by atoms with E-state index >= 15 is 0 Å². The summed E-state index contributed by atoms with van der Waals surface area (Å²) < 4.78 is 38.4. The molecule has 150 valence electrons. The van der Waals surface area contributed by atoms with Gasteiger partial charge in [-0.25, -0.2) is 5.43 Å². The Morgan fingerprint density at radius 2 is 1.86 bits per heavy atom. The highest BCUT2D eigenvalue weighted by Gasteiger charge is 2.30. The van der Waals surface area contributed by atoms with Crippen LogP contribution in [0.3, 0.4) is 0 Å². The number of alkyl halides is 3. The molecule has 12 heteroatoms. The first-order valence-corrected chi connectivity index (χ1v) is 8.71. The zero-order valence-electron chi connectivity index (χ0n) is 14.4. The maximum Gasteiger partial charge on any atom is 0.416 e. The normalized spacial score (nSPS) is 11.8. The number of benzene rings is 2. The molecule has 3 rings (SSSR count). The Hall–Kier alpha value is -2.98. The molecule has 0 saturated heterocycles. The second kappa shape index (κ2) is 8.58. The van der Waals surface area contributed by atoms with E-state index < -0.39 is 17.6 Å². The molecule has 0 aliphatic carbocycles. The van der Waals surface area contributed by atoms with Crippen molar-refractivity contribution in [3.63, 3.8) is 0 Å². The van der Waals surface area contributed by atoms with Crippen molar-refractivity contribution in [3.8, 4) is 11.4 Å². The van der Waals surface area contributed by atoms with E-state index in [1.807, 2.05) is 0 Å². The molecule has 1 aromatic heterocycles. The molecule has 0 spiro atoms. The van der Waals surface area contributed by atoms with Crippen molar-refractivity contribution < 1.29 is 18.0 Å². The van der Waals surface area contributed by atoms with Crippen LogP contribution in [0.15, 0.2) is 47.6 Å². The van der Waals surface area contributed by atoms with Gasteiger partial charge < -0.3 is 0 Å². The summed E-state index contributed by atoms with van der Waals surface area (Å²) in [6.07, 6.45) is -3.21. The van der Waals surface area contributed by atoms with Gasteiger partial charge in [-0.3, -0.25) is 4.79 Å². The van der Waals surface area contributed by atoms with Gasteiger partial charge in [0.1, 0.15) is 6.54 Å². The summed E-state index contributed by atoms with van der Waals surface area (Å²) in [5.74, 6) is -0.632. The average molecular weight is 443 g/mol. The van der Waals surface area contributed by atoms with E-state index in [-0.39, 0.29) is 17.9 Å². The number of hydrogen-bond donors (Lipinski definition) is 1. The molecular weight excluding hydrogens is 432 g/mol. The van der Waals surface area contributed by atoms with Gasteiger partial charge in [0.05, 0.1) is 21.8 Å². The quantitative estimate of drug-likeness (QED) is 0.480. The summed E-state index contributed by atoms with van der Waals surface area (Å²) in [5, 5.41) is 15.7. The van der Waals surface area contributed by atoms with Crippen molar-refractivity contribution >= 4 is 35.3 Å². The SMILES string of the molecule is O=C(Cn1nnc(-c2cccc(C(F)(F)F)c2)n1)N/N=C/c1c(Cl)cccc1Cl. The fourth-order valence-corrected chi connectivity index (χ4v) is 2.72. The molecule has 0 fully saturated rings. The molecule has 0 unspecified atom stereocenters. The fourth-order valence-electron chi connectivity index (χ4n) is 2.23. The van der Waals surface area contributed by atoms with Gasteiger partial charge in [0.2, 0.25) is 5.82 Å². The Labute approximate surface area is 172 Å². The molecule has 1 amide bonds. The third-order valence-corrected chi connectivity index (χ3v) is 4.23. The van der Waals surface area contributed by atoms with Gasteiger partial charge in [-0.2, -0.15) is 23.1 Å². The number of aromatic nitrogens is 4. The molecular formula is C17H11Cl2F3N6O. The summed E-state index contributed by atoms with van der Waals surface area (Å²) >= 11 is 12.0. The van der Waals surface area contributed by atoms with Gasteiger partial charge in [0.25, 0.3) is 5.91 Å². The summed E-state index contributed by atoms with van der Waals surface area (Å²) in [7, 11) is 0. The van der Waals surface area contributed by atoms with E-state index in [0.29, 0.717) is 15.6 Å². The Morgan fingerprint density at radius 1 is 1.17 bits per heavy atom. The molecule has 0 aliphatic rings. The average Bonchev–Trinajstić information content (AvgIpc) is 3.12. The van der Waals surface area contributed by atoms with Gasteiger partial charge in [-0.05, 0) is 29.5 Å². The molecule has 1 N–H and O–H groups in total. The van der Waals surface area contributed by atoms with Crippen LogP contribution in [0.4, 0.5) is 13.2 Å². The van der Waals surface area contributed by atoms with Gasteiger partial charge in [0, 0.05) is 11.1 Å². The number of nitrogens with one attached hydrogen (secondary N) is 1. The van der Waals surface area contributed by atoms with Crippen molar-refractivity contribution in [1.29, 1.82) is 0 Å². The number of tetrazole rings is 1. The number of rotatable bonds is 5. The van der Waals surface area contributed by atoms with E-state index in [1.165, 1.54) is 18.3 Å². The number of hydrogen-bond acceptors (Lipinski definition) is 5. The topological polar surface area (TPSA) is 85.1 Å². The summed E-state index contributed by atoms with van der Waals surface area (Å²) in [6, 6.07) is 9.38. The molecule has 0 radical (unpaired) electrons. The minimum Gasteiger partial charge on any atom is -0.271 e. The van der Waals surface area contributed by atoms with Crippen molar-refractivity contribution in [2.75, 3.05) is 0 Å². The van der Waals surface area contributed by atoms with Gasteiger partial charge >= 0.3 is 6.18 Å². The van der Waals surface area contributed by atoms with E-state index in [9.17, 15) is 18.0 Å². The molecule has 3 aromatic rings. The molecule has 2 aromatic carbocycles. The van der Waals surface area contributed by atoms with Crippen molar-refractivity contribution in [2.24, 2.45) is 5.10 Å². The van der Waals surface area contributed by atoms with E-state index in [2.05, 4.69) is 25.9 Å². The Bertz CT molecular complexity index is 1050. The molecule has 0 bridgehead atoms. The Morgan fingerprint density at radius 3 is 2.55 bits per heavy atom. The standard InChI is InChI=1S/C17H11Cl2F3N6O/c18-13-5-2-6-14(19)12(13)8-23-24-15(29)9-28-26-16(25-27-28)10-3-1-4-11(7-10)17(20,21)22/h1-8H,9H2,(H,24,29)/b23-8+. The zero-order chi connectivity index (χ0) is 21.0. The number of hydrazone groups is 1. The highest BCUT2D eigenvalue weighted by Crippen LogP contribution is 2.31. The summed E-state index contributed by atoms with van der Waals surface area (Å²) in [6.45, 7) is -0.348. The van der Waals surface area contributed by atoms with E-state index in [0.717, 1.165) is 16.9 Å². The van der Waals surface area contributed by atoms with Gasteiger partial charge in [0.15, 0.2) is 0 Å². The van der Waals surface area contributed by atoms with Crippen LogP contribution in [-0.2, 0) is 17.5 Å². The third-order valence-electron chi connectivity index (χ3n) is 3.57. The highest BCUT2D eigenvalue weighted by molar-refractivity contribution is 6.38. The van der Waals surface area contributed by atoms with Crippen LogP contribution >= 0.6 is 23.2 Å². The largest absolute Gasteiger partial charge is 0.416 e.